The Hall–Kier alpha value is -3.11. The summed E-state index contributed by atoms with van der Waals surface area (Å²) in [5.41, 5.74) is -0.919. The van der Waals surface area contributed by atoms with Crippen molar-refractivity contribution in [3.8, 4) is 5.75 Å². The Balaban J connectivity index is 1.81. The van der Waals surface area contributed by atoms with Crippen molar-refractivity contribution in [1.82, 2.24) is 10.2 Å². The summed E-state index contributed by atoms with van der Waals surface area (Å²) in [7, 11) is 1.39. The van der Waals surface area contributed by atoms with E-state index in [1.165, 1.54) is 18.1 Å². The number of ether oxygens (including phenoxy) is 2. The van der Waals surface area contributed by atoms with E-state index in [1.807, 2.05) is 65.0 Å². The number of nitrogens with zero attached hydrogens (tertiary/aromatic N) is 1. The Morgan fingerprint density at radius 1 is 1.12 bits per heavy atom. The molecule has 0 spiro atoms. The van der Waals surface area contributed by atoms with Crippen LogP contribution in [-0.2, 0) is 27.0 Å². The molecule has 5 atom stereocenters. The number of amides is 1. The molecule has 2 aromatic carbocycles. The summed E-state index contributed by atoms with van der Waals surface area (Å²) in [6.45, 7) is 9.51. The lowest BCUT2D eigenvalue weighted by molar-refractivity contribution is -0.159. The third-order valence-corrected chi connectivity index (χ3v) is 8.20. The largest absolute Gasteiger partial charge is 0.496 e. The molecule has 0 bridgehead atoms. The zero-order valence-corrected chi connectivity index (χ0v) is 24.3. The molecule has 0 aliphatic carbocycles. The monoisotopic (exact) mass is 576 g/mol. The van der Waals surface area contributed by atoms with E-state index in [9.17, 15) is 27.9 Å². The van der Waals surface area contributed by atoms with Gasteiger partial charge in [0, 0.05) is 24.1 Å². The first-order valence-electron chi connectivity index (χ1n) is 13.8. The van der Waals surface area contributed by atoms with E-state index in [4.69, 9.17) is 9.47 Å². The molecule has 2 saturated heterocycles. The first-order valence-corrected chi connectivity index (χ1v) is 13.8. The second-order valence-corrected chi connectivity index (χ2v) is 12.6. The number of aliphatic carboxylic acids is 1. The minimum Gasteiger partial charge on any atom is -0.496 e. The van der Waals surface area contributed by atoms with Gasteiger partial charge in [-0.3, -0.25) is 4.79 Å². The fraction of sp³-hybridized carbons (Fsp3) is 0.548. The van der Waals surface area contributed by atoms with Gasteiger partial charge in [-0.05, 0) is 55.9 Å². The minimum absolute atomic E-state index is 0.0327. The average molecular weight is 577 g/mol. The third-order valence-electron chi connectivity index (χ3n) is 8.20. The molecule has 2 N–H and O–H groups in total. The summed E-state index contributed by atoms with van der Waals surface area (Å²) in [5.74, 6) is -1.86. The van der Waals surface area contributed by atoms with Crippen molar-refractivity contribution in [1.29, 1.82) is 0 Å². The van der Waals surface area contributed by atoms with E-state index >= 15 is 0 Å². The Labute approximate surface area is 239 Å². The van der Waals surface area contributed by atoms with E-state index in [0.29, 0.717) is 12.8 Å². The van der Waals surface area contributed by atoms with Crippen molar-refractivity contribution in [3.05, 3.63) is 65.2 Å². The van der Waals surface area contributed by atoms with Gasteiger partial charge in [0.1, 0.15) is 17.9 Å². The molecule has 224 valence electrons. The number of hydrogen-bond donors (Lipinski definition) is 2. The standard InChI is InChI=1S/C31H39F3N2O5/c1-29(2,3)23-24(35-17-19-16-20(31(32,33)34)12-13-21(19)40-6)25(18-10-8-7-9-11-18)36(26(23)28(38)39)27(37)22-14-15-30(4,5)41-22/h7-13,16,22-26,35H,14-15,17H2,1-6H3,(H,38,39)/t22?,23-,24-,25-,26-/m0/s1. The smallest absolute Gasteiger partial charge is 0.416 e. The Morgan fingerprint density at radius 3 is 2.29 bits per heavy atom. The number of hydrogen-bond acceptors (Lipinski definition) is 5. The average Bonchev–Trinajstić information content (AvgIpc) is 3.44. The lowest BCUT2D eigenvalue weighted by atomic mass is 9.72. The van der Waals surface area contributed by atoms with Gasteiger partial charge >= 0.3 is 12.1 Å². The molecule has 1 amide bonds. The number of carboxylic acids is 1. The van der Waals surface area contributed by atoms with E-state index < -0.39 is 64.8 Å². The van der Waals surface area contributed by atoms with Crippen LogP contribution in [0, 0.1) is 11.3 Å². The summed E-state index contributed by atoms with van der Waals surface area (Å²) < 4.78 is 52.1. The molecule has 2 aromatic rings. The van der Waals surface area contributed by atoms with Crippen LogP contribution in [0.25, 0.3) is 0 Å². The maximum absolute atomic E-state index is 14.1. The van der Waals surface area contributed by atoms with Gasteiger partial charge in [0.25, 0.3) is 5.91 Å². The maximum Gasteiger partial charge on any atom is 0.416 e. The topological polar surface area (TPSA) is 88.1 Å². The third kappa shape index (κ3) is 6.38. The second kappa shape index (κ2) is 11.3. The normalized spacial score (nSPS) is 26.3. The number of carbonyl (C=O) groups excluding carboxylic acids is 1. The van der Waals surface area contributed by atoms with Gasteiger partial charge in [-0.15, -0.1) is 0 Å². The number of nitrogens with one attached hydrogen (secondary N) is 1. The highest BCUT2D eigenvalue weighted by Gasteiger charge is 2.59. The van der Waals surface area contributed by atoms with Gasteiger partial charge in [-0.1, -0.05) is 51.1 Å². The van der Waals surface area contributed by atoms with Crippen molar-refractivity contribution >= 4 is 11.9 Å². The molecular weight excluding hydrogens is 537 g/mol. The SMILES string of the molecule is COc1ccc(C(F)(F)F)cc1CN[C@H]1[C@H](C(C)(C)C)[C@@H](C(=O)O)N(C(=O)C2CCC(C)(C)O2)[C@H]1c1ccccc1. The summed E-state index contributed by atoms with van der Waals surface area (Å²) in [6.07, 6.45) is -4.21. The van der Waals surface area contributed by atoms with Crippen LogP contribution in [0.1, 0.15) is 70.2 Å². The molecule has 1 unspecified atom stereocenters. The van der Waals surface area contributed by atoms with Gasteiger partial charge < -0.3 is 24.8 Å². The quantitative estimate of drug-likeness (QED) is 0.432. The summed E-state index contributed by atoms with van der Waals surface area (Å²) in [4.78, 5) is 28.6. The zero-order valence-electron chi connectivity index (χ0n) is 24.3. The molecular formula is C31H39F3N2O5. The van der Waals surface area contributed by atoms with Crippen LogP contribution in [0.2, 0.25) is 0 Å². The van der Waals surface area contributed by atoms with Crippen LogP contribution in [0.4, 0.5) is 13.2 Å². The molecule has 2 aliphatic heterocycles. The van der Waals surface area contributed by atoms with Gasteiger partial charge in [0.15, 0.2) is 0 Å². The predicted molar refractivity (Wildman–Crippen MR) is 147 cm³/mol. The van der Waals surface area contributed by atoms with Crippen LogP contribution in [0.3, 0.4) is 0 Å². The number of benzene rings is 2. The number of likely N-dealkylation sites (tertiary alicyclic amines) is 1. The lowest BCUT2D eigenvalue weighted by Crippen LogP contribution is -2.50. The molecule has 0 aromatic heterocycles. The number of alkyl halides is 3. The summed E-state index contributed by atoms with van der Waals surface area (Å²) in [6, 6.07) is 9.92. The van der Waals surface area contributed by atoms with Crippen molar-refractivity contribution in [2.75, 3.05) is 7.11 Å². The van der Waals surface area contributed by atoms with Crippen molar-refractivity contribution in [2.24, 2.45) is 11.3 Å². The Bertz CT molecular complexity index is 1260. The molecule has 2 aliphatic rings. The fourth-order valence-corrected chi connectivity index (χ4v) is 6.37. The first-order chi connectivity index (χ1) is 19.0. The molecule has 41 heavy (non-hydrogen) atoms. The van der Waals surface area contributed by atoms with Crippen LogP contribution in [0.5, 0.6) is 5.75 Å². The van der Waals surface area contributed by atoms with Crippen molar-refractivity contribution in [2.45, 2.75) is 90.0 Å². The molecule has 0 radical (unpaired) electrons. The number of methoxy groups -OCH3 is 1. The van der Waals surface area contributed by atoms with Crippen LogP contribution >= 0.6 is 0 Å². The summed E-state index contributed by atoms with van der Waals surface area (Å²) in [5, 5.41) is 14.0. The van der Waals surface area contributed by atoms with Crippen LogP contribution in [-0.4, -0.2) is 52.8 Å². The highest BCUT2D eigenvalue weighted by Crippen LogP contribution is 2.49. The van der Waals surface area contributed by atoms with Gasteiger partial charge in [0.2, 0.25) is 0 Å². The highest BCUT2D eigenvalue weighted by molar-refractivity contribution is 5.88. The molecule has 2 fully saturated rings. The Morgan fingerprint density at radius 2 is 1.78 bits per heavy atom. The van der Waals surface area contributed by atoms with Gasteiger partial charge in [0.05, 0.1) is 24.3 Å². The molecule has 7 nitrogen and oxygen atoms in total. The Kier molecular flexibility index (Phi) is 8.49. The highest BCUT2D eigenvalue weighted by atomic mass is 19.4. The van der Waals surface area contributed by atoms with Crippen molar-refractivity contribution < 1.29 is 37.3 Å². The fourth-order valence-electron chi connectivity index (χ4n) is 6.37. The van der Waals surface area contributed by atoms with E-state index in [1.54, 1.807) is 0 Å². The van der Waals surface area contributed by atoms with E-state index in [2.05, 4.69) is 5.32 Å². The molecule has 4 rings (SSSR count). The second-order valence-electron chi connectivity index (χ2n) is 12.6. The molecule has 10 heteroatoms. The number of rotatable bonds is 7. The van der Waals surface area contributed by atoms with Crippen molar-refractivity contribution in [3.63, 3.8) is 0 Å². The van der Waals surface area contributed by atoms with Gasteiger partial charge in [-0.2, -0.15) is 13.2 Å². The van der Waals surface area contributed by atoms with Gasteiger partial charge in [-0.25, -0.2) is 4.79 Å². The van der Waals surface area contributed by atoms with E-state index in [0.717, 1.165) is 17.7 Å². The first kappa shape index (κ1) is 30.8. The molecule has 2 heterocycles. The lowest BCUT2D eigenvalue weighted by Gasteiger charge is -2.35. The molecule has 0 saturated carbocycles. The zero-order chi connectivity index (χ0) is 30.3. The van der Waals surface area contributed by atoms with E-state index in [-0.39, 0.29) is 17.9 Å². The minimum atomic E-state index is -4.54. The maximum atomic E-state index is 14.1. The number of carbonyl (C=O) groups is 2. The van der Waals surface area contributed by atoms with Crippen LogP contribution in [0.15, 0.2) is 48.5 Å². The number of carboxylic acid groups (broad SMARTS) is 1. The van der Waals surface area contributed by atoms with Crippen LogP contribution < -0.4 is 10.1 Å². The summed E-state index contributed by atoms with van der Waals surface area (Å²) >= 11 is 0. The number of halogens is 3. The predicted octanol–water partition coefficient (Wildman–Crippen LogP) is 5.83.